The molecule has 8 heteroatoms. The molecule has 2 rings (SSSR count). The van der Waals surface area contributed by atoms with Crippen LogP contribution < -0.4 is 15.6 Å². The molecular formula is C17H14FN3O3S. The number of benzene rings is 2. The molecule has 0 heterocycles. The molecule has 0 unspecified atom stereocenters. The van der Waals surface area contributed by atoms with Crippen LogP contribution in [0.2, 0.25) is 0 Å². The molecule has 0 spiro atoms. The van der Waals surface area contributed by atoms with Gasteiger partial charge >= 0.3 is 0 Å². The van der Waals surface area contributed by atoms with E-state index in [0.29, 0.717) is 10.5 Å². The number of thioether (sulfide) groups is 1. The fourth-order valence-corrected chi connectivity index (χ4v) is 2.48. The van der Waals surface area contributed by atoms with Crippen molar-refractivity contribution in [2.75, 3.05) is 12.4 Å². The van der Waals surface area contributed by atoms with Crippen LogP contribution in [0.5, 0.6) is 5.75 Å². The summed E-state index contributed by atoms with van der Waals surface area (Å²) in [6, 6.07) is 14.5. The maximum atomic E-state index is 13.4. The van der Waals surface area contributed by atoms with E-state index in [9.17, 15) is 14.0 Å². The molecule has 0 saturated carbocycles. The molecule has 6 nitrogen and oxygen atoms in total. The number of carbonyl (C=O) groups is 2. The maximum absolute atomic E-state index is 13.4. The van der Waals surface area contributed by atoms with Gasteiger partial charge in [-0.1, -0.05) is 24.3 Å². The van der Waals surface area contributed by atoms with Crippen molar-refractivity contribution in [3.05, 3.63) is 59.9 Å². The highest BCUT2D eigenvalue weighted by molar-refractivity contribution is 8.00. The number of nitrogens with zero attached hydrogens (tertiary/aromatic N) is 1. The van der Waals surface area contributed by atoms with Gasteiger partial charge in [-0.15, -0.1) is 11.8 Å². The number of rotatable bonds is 6. The molecule has 2 N–H and O–H groups in total. The second-order valence-electron chi connectivity index (χ2n) is 4.71. The third kappa shape index (κ3) is 5.82. The van der Waals surface area contributed by atoms with Gasteiger partial charge in [-0.25, -0.2) is 4.39 Å². The monoisotopic (exact) mass is 359 g/mol. The summed E-state index contributed by atoms with van der Waals surface area (Å²) in [6.45, 7) is -0.362. The lowest BCUT2D eigenvalue weighted by Gasteiger charge is -2.09. The van der Waals surface area contributed by atoms with E-state index in [2.05, 4.69) is 10.9 Å². The van der Waals surface area contributed by atoms with Crippen molar-refractivity contribution in [3.8, 4) is 11.8 Å². The molecule has 0 bridgehead atoms. The summed E-state index contributed by atoms with van der Waals surface area (Å²) >= 11 is 1.02. The Morgan fingerprint density at radius 2 is 1.76 bits per heavy atom. The zero-order valence-corrected chi connectivity index (χ0v) is 13.8. The lowest BCUT2D eigenvalue weighted by Crippen LogP contribution is -2.44. The smallest absolute Gasteiger partial charge is 0.276 e. The molecule has 0 aromatic heterocycles. The van der Waals surface area contributed by atoms with E-state index >= 15 is 0 Å². The predicted octanol–water partition coefficient (Wildman–Crippen LogP) is 2.02. The summed E-state index contributed by atoms with van der Waals surface area (Å²) in [4.78, 5) is 23.6. The molecule has 2 aromatic carbocycles. The molecule has 128 valence electrons. The van der Waals surface area contributed by atoms with Crippen LogP contribution in [0.25, 0.3) is 0 Å². The van der Waals surface area contributed by atoms with E-state index in [1.54, 1.807) is 42.5 Å². The zero-order valence-electron chi connectivity index (χ0n) is 13.0. The van der Waals surface area contributed by atoms with Crippen LogP contribution in [0.1, 0.15) is 5.56 Å². The third-order valence-electron chi connectivity index (χ3n) is 2.90. The Bertz CT molecular complexity index is 808. The molecule has 0 atom stereocenters. The van der Waals surface area contributed by atoms with Gasteiger partial charge in [0.15, 0.2) is 6.61 Å². The maximum Gasteiger partial charge on any atom is 0.276 e. The number of hydrogen-bond donors (Lipinski definition) is 2. The van der Waals surface area contributed by atoms with Crippen LogP contribution in [0.3, 0.4) is 0 Å². The van der Waals surface area contributed by atoms with E-state index in [1.807, 2.05) is 6.07 Å². The minimum atomic E-state index is -0.586. The number of hydrazine groups is 1. The zero-order chi connectivity index (χ0) is 18.1. The second-order valence-corrected chi connectivity index (χ2v) is 5.73. The molecular weight excluding hydrogens is 345 g/mol. The first-order valence-corrected chi connectivity index (χ1v) is 8.15. The number of amides is 2. The number of halogens is 1. The number of para-hydroxylation sites is 1. The van der Waals surface area contributed by atoms with Crippen molar-refractivity contribution < 1.29 is 18.7 Å². The van der Waals surface area contributed by atoms with Crippen LogP contribution in [-0.2, 0) is 9.59 Å². The normalized spacial score (nSPS) is 9.76. The van der Waals surface area contributed by atoms with Gasteiger partial charge in [0, 0.05) is 4.90 Å². The van der Waals surface area contributed by atoms with Crippen molar-refractivity contribution in [1.82, 2.24) is 10.9 Å². The number of ether oxygens (including phenoxy) is 1. The number of hydrogen-bond acceptors (Lipinski definition) is 5. The summed E-state index contributed by atoms with van der Waals surface area (Å²) in [5, 5.41) is 8.92. The van der Waals surface area contributed by atoms with E-state index in [0.717, 1.165) is 11.8 Å². The molecule has 25 heavy (non-hydrogen) atoms. The third-order valence-corrected chi connectivity index (χ3v) is 3.95. The molecule has 0 aliphatic carbocycles. The summed E-state index contributed by atoms with van der Waals surface area (Å²) < 4.78 is 18.6. The minimum Gasteiger partial charge on any atom is -0.482 e. The molecule has 0 aliphatic heterocycles. The molecule has 0 saturated heterocycles. The van der Waals surface area contributed by atoms with Crippen LogP contribution in [0, 0.1) is 17.1 Å². The fraction of sp³-hybridized carbons (Fsp3) is 0.118. The van der Waals surface area contributed by atoms with Gasteiger partial charge in [0.05, 0.1) is 11.3 Å². The Hall–Kier alpha value is -3.05. The van der Waals surface area contributed by atoms with Crippen LogP contribution in [0.4, 0.5) is 4.39 Å². The summed E-state index contributed by atoms with van der Waals surface area (Å²) in [5.41, 5.74) is 4.70. The van der Waals surface area contributed by atoms with E-state index in [-0.39, 0.29) is 18.1 Å². The van der Waals surface area contributed by atoms with Gasteiger partial charge in [0.2, 0.25) is 5.91 Å². The topological polar surface area (TPSA) is 91.2 Å². The number of nitriles is 1. The van der Waals surface area contributed by atoms with Crippen molar-refractivity contribution in [2.45, 2.75) is 4.90 Å². The Balaban J connectivity index is 1.72. The highest BCUT2D eigenvalue weighted by Crippen LogP contribution is 2.20. The Morgan fingerprint density at radius 1 is 1.08 bits per heavy atom. The standard InChI is InChI=1S/C17H14FN3O3S/c18-13-6-2-4-8-15(13)25-11-17(23)21-20-16(22)10-24-14-7-3-1-5-12(14)9-19/h1-8H,10-11H2,(H,20,22)(H,21,23). The second kappa shape index (κ2) is 9.30. The quantitative estimate of drug-likeness (QED) is 0.608. The van der Waals surface area contributed by atoms with E-state index in [1.165, 1.54) is 6.07 Å². The average Bonchev–Trinajstić information content (AvgIpc) is 2.64. The Labute approximate surface area is 148 Å². The van der Waals surface area contributed by atoms with Crippen molar-refractivity contribution in [2.24, 2.45) is 0 Å². The highest BCUT2D eigenvalue weighted by Gasteiger charge is 2.09. The van der Waals surface area contributed by atoms with Crippen molar-refractivity contribution >= 4 is 23.6 Å². The van der Waals surface area contributed by atoms with Gasteiger partial charge in [-0.3, -0.25) is 20.4 Å². The Kier molecular flexibility index (Phi) is 6.80. The fourth-order valence-electron chi connectivity index (χ4n) is 1.74. The minimum absolute atomic E-state index is 0.0562. The van der Waals surface area contributed by atoms with Gasteiger partial charge in [-0.2, -0.15) is 5.26 Å². The highest BCUT2D eigenvalue weighted by atomic mass is 32.2. The SMILES string of the molecule is N#Cc1ccccc1OCC(=O)NNC(=O)CSc1ccccc1F. The molecule has 2 aromatic rings. The van der Waals surface area contributed by atoms with Gasteiger partial charge < -0.3 is 4.74 Å². The number of carbonyl (C=O) groups excluding carboxylic acids is 2. The predicted molar refractivity (Wildman–Crippen MR) is 90.1 cm³/mol. The van der Waals surface area contributed by atoms with Crippen molar-refractivity contribution in [1.29, 1.82) is 5.26 Å². The van der Waals surface area contributed by atoms with E-state index in [4.69, 9.17) is 10.00 Å². The average molecular weight is 359 g/mol. The largest absolute Gasteiger partial charge is 0.482 e. The van der Waals surface area contributed by atoms with Crippen LogP contribution in [0.15, 0.2) is 53.4 Å². The summed E-state index contributed by atoms with van der Waals surface area (Å²) in [6.07, 6.45) is 0. The van der Waals surface area contributed by atoms with E-state index < -0.39 is 17.6 Å². The summed E-state index contributed by atoms with van der Waals surface area (Å²) in [7, 11) is 0. The van der Waals surface area contributed by atoms with Gasteiger partial charge in [0.25, 0.3) is 5.91 Å². The summed E-state index contributed by atoms with van der Waals surface area (Å²) in [5.74, 6) is -1.26. The number of nitrogens with one attached hydrogen (secondary N) is 2. The first kappa shape index (κ1) is 18.3. The first-order valence-electron chi connectivity index (χ1n) is 7.17. The van der Waals surface area contributed by atoms with Gasteiger partial charge in [0.1, 0.15) is 17.6 Å². The Morgan fingerprint density at radius 3 is 2.52 bits per heavy atom. The van der Waals surface area contributed by atoms with Crippen LogP contribution in [-0.4, -0.2) is 24.2 Å². The lowest BCUT2D eigenvalue weighted by molar-refractivity contribution is -0.128. The lowest BCUT2D eigenvalue weighted by atomic mass is 10.2. The van der Waals surface area contributed by atoms with Crippen LogP contribution >= 0.6 is 11.8 Å². The molecule has 0 aliphatic rings. The first-order chi connectivity index (χ1) is 12.1. The van der Waals surface area contributed by atoms with Crippen molar-refractivity contribution in [3.63, 3.8) is 0 Å². The molecule has 0 radical (unpaired) electrons. The van der Waals surface area contributed by atoms with Gasteiger partial charge in [-0.05, 0) is 24.3 Å². The molecule has 0 fully saturated rings. The molecule has 2 amide bonds.